The fraction of sp³-hybridized carbons (Fsp3) is 0.210. The van der Waals surface area contributed by atoms with Crippen LogP contribution in [0.2, 0.25) is 0 Å². The van der Waals surface area contributed by atoms with Crippen LogP contribution in [0, 0.1) is 11.6 Å². The summed E-state index contributed by atoms with van der Waals surface area (Å²) < 4.78 is 28.6. The van der Waals surface area contributed by atoms with Crippen LogP contribution in [-0.2, 0) is 27.1 Å². The van der Waals surface area contributed by atoms with Gasteiger partial charge in [0.1, 0.15) is 11.6 Å². The van der Waals surface area contributed by atoms with Gasteiger partial charge in [-0.15, -0.1) is 0 Å². The van der Waals surface area contributed by atoms with Crippen molar-refractivity contribution < 1.29 is 8.78 Å². The second-order valence-corrected chi connectivity index (χ2v) is 27.4. The number of nitrogens with zero attached hydrogens (tertiary/aromatic N) is 2. The lowest BCUT2D eigenvalue weighted by atomic mass is 9.81. The van der Waals surface area contributed by atoms with Gasteiger partial charge < -0.3 is 9.80 Å². The first kappa shape index (κ1) is 55.3. The third kappa shape index (κ3) is 9.74. The smallest absolute Gasteiger partial charge is 0.123 e. The molecule has 3 aliphatic carbocycles. The zero-order valence-corrected chi connectivity index (χ0v) is 51.1. The van der Waals surface area contributed by atoms with Gasteiger partial charge in [-0.2, -0.15) is 0 Å². The van der Waals surface area contributed by atoms with Gasteiger partial charge in [-0.3, -0.25) is 0 Å². The number of hydrogen-bond donors (Lipinski definition) is 0. The summed E-state index contributed by atoms with van der Waals surface area (Å²) in [4.78, 5) is 4.47. The van der Waals surface area contributed by atoms with E-state index in [4.69, 9.17) is 0 Å². The summed E-state index contributed by atoms with van der Waals surface area (Å²) in [7, 11) is 0. The molecule has 0 bridgehead atoms. The summed E-state index contributed by atoms with van der Waals surface area (Å²) in [6, 6.07) is 72.5. The van der Waals surface area contributed by atoms with Gasteiger partial charge in [-0.05, 0) is 208 Å². The Balaban J connectivity index is 0.725. The van der Waals surface area contributed by atoms with Crippen molar-refractivity contribution in [3.8, 4) is 33.4 Å². The topological polar surface area (TPSA) is 6.48 Å². The SMILES string of the molecule is CC(C)(C)c1ccc(N(c2ccc(F)cc2)c2ccc3c(c2)C(C)(C)c2cc(/C=C/c4ccc5c(c4)C(C)(C)c4cc(/C=C/c6ccc7c(c6)C(C)(C)c6cc(N(c8ccc(F)cc8)c8ccc(C(C)(C)C)cc8)ccc6-7)ccc4-5)ccc2-3)cc1. The van der Waals surface area contributed by atoms with E-state index in [1.54, 1.807) is 24.3 Å². The van der Waals surface area contributed by atoms with Crippen molar-refractivity contribution in [2.75, 3.05) is 9.80 Å². The second kappa shape index (κ2) is 20.2. The third-order valence-corrected chi connectivity index (χ3v) is 18.7. The molecule has 13 rings (SSSR count). The van der Waals surface area contributed by atoms with Gasteiger partial charge in [0.05, 0.1) is 0 Å². The molecule has 0 atom stereocenters. The molecule has 10 aromatic rings. The third-order valence-electron chi connectivity index (χ3n) is 18.7. The minimum absolute atomic E-state index is 0.0304. The van der Waals surface area contributed by atoms with Crippen molar-refractivity contribution >= 4 is 58.4 Å². The highest BCUT2D eigenvalue weighted by atomic mass is 19.1. The van der Waals surface area contributed by atoms with Gasteiger partial charge in [-0.25, -0.2) is 8.78 Å². The molecule has 0 saturated carbocycles. The van der Waals surface area contributed by atoms with Gasteiger partial charge in [0.25, 0.3) is 0 Å². The van der Waals surface area contributed by atoms with Crippen LogP contribution in [0.3, 0.4) is 0 Å². The molecule has 10 aromatic carbocycles. The van der Waals surface area contributed by atoms with Crippen LogP contribution in [0.5, 0.6) is 0 Å². The van der Waals surface area contributed by atoms with Crippen molar-refractivity contribution in [1.82, 2.24) is 0 Å². The summed E-state index contributed by atoms with van der Waals surface area (Å²) in [5.41, 5.74) is 28.1. The molecular formula is C81H74F2N2. The summed E-state index contributed by atoms with van der Waals surface area (Å²) in [6.07, 6.45) is 9.04. The average Bonchev–Trinajstić information content (AvgIpc) is 1.71. The molecule has 0 heterocycles. The van der Waals surface area contributed by atoms with E-state index in [1.165, 1.54) is 100 Å². The predicted octanol–water partition coefficient (Wildman–Crippen LogP) is 22.8. The lowest BCUT2D eigenvalue weighted by Crippen LogP contribution is -2.17. The highest BCUT2D eigenvalue weighted by molar-refractivity contribution is 5.90. The Labute approximate surface area is 502 Å². The molecule has 0 N–H and O–H groups in total. The number of anilines is 6. The Morgan fingerprint density at radius 1 is 0.271 bits per heavy atom. The highest BCUT2D eigenvalue weighted by Gasteiger charge is 2.39. The number of hydrogen-bond acceptors (Lipinski definition) is 2. The van der Waals surface area contributed by atoms with Crippen LogP contribution in [0.1, 0.15) is 150 Å². The minimum atomic E-state index is -0.250. The van der Waals surface area contributed by atoms with Crippen LogP contribution < -0.4 is 9.80 Å². The minimum Gasteiger partial charge on any atom is -0.310 e. The predicted molar refractivity (Wildman–Crippen MR) is 357 cm³/mol. The van der Waals surface area contributed by atoms with Crippen LogP contribution in [0.4, 0.5) is 42.9 Å². The van der Waals surface area contributed by atoms with Gasteiger partial charge in [-0.1, -0.05) is 217 Å². The number of fused-ring (bicyclic) bond motifs is 9. The molecule has 0 saturated heterocycles. The van der Waals surface area contributed by atoms with Crippen LogP contribution in [0.15, 0.2) is 206 Å². The fourth-order valence-corrected chi connectivity index (χ4v) is 13.6. The van der Waals surface area contributed by atoms with E-state index in [2.05, 4.69) is 275 Å². The van der Waals surface area contributed by atoms with E-state index < -0.39 is 0 Å². The molecule has 2 nitrogen and oxygen atoms in total. The average molecular weight is 1110 g/mol. The van der Waals surface area contributed by atoms with E-state index in [0.717, 1.165) is 34.1 Å². The highest BCUT2D eigenvalue weighted by Crippen LogP contribution is 2.54. The van der Waals surface area contributed by atoms with Crippen molar-refractivity contribution in [3.05, 3.63) is 285 Å². The van der Waals surface area contributed by atoms with Gasteiger partial charge in [0.15, 0.2) is 0 Å². The maximum atomic E-state index is 14.3. The number of rotatable bonds is 10. The molecule has 0 amide bonds. The molecule has 85 heavy (non-hydrogen) atoms. The molecule has 422 valence electrons. The zero-order valence-electron chi connectivity index (χ0n) is 51.1. The van der Waals surface area contributed by atoms with Crippen LogP contribution >= 0.6 is 0 Å². The summed E-state index contributed by atoms with van der Waals surface area (Å²) in [5.74, 6) is -0.500. The first-order valence-corrected chi connectivity index (χ1v) is 30.0. The quantitative estimate of drug-likeness (QED) is 0.126. The van der Waals surface area contributed by atoms with Crippen molar-refractivity contribution in [2.24, 2.45) is 0 Å². The van der Waals surface area contributed by atoms with E-state index in [9.17, 15) is 8.78 Å². The molecule has 0 radical (unpaired) electrons. The summed E-state index contributed by atoms with van der Waals surface area (Å²) in [5, 5.41) is 0. The van der Waals surface area contributed by atoms with E-state index in [0.29, 0.717) is 0 Å². The largest absolute Gasteiger partial charge is 0.310 e. The summed E-state index contributed by atoms with van der Waals surface area (Å²) in [6.45, 7) is 27.4. The van der Waals surface area contributed by atoms with E-state index in [1.807, 2.05) is 24.3 Å². The summed E-state index contributed by atoms with van der Waals surface area (Å²) >= 11 is 0. The molecule has 3 aliphatic rings. The Bertz CT molecular complexity index is 4050. The number of halogens is 2. The van der Waals surface area contributed by atoms with E-state index >= 15 is 0 Å². The van der Waals surface area contributed by atoms with Gasteiger partial charge in [0.2, 0.25) is 0 Å². The Kier molecular flexibility index (Phi) is 13.1. The molecule has 0 aromatic heterocycles. The monoisotopic (exact) mass is 1110 g/mol. The normalized spacial score (nSPS) is 14.9. The molecule has 4 heteroatoms. The molecule has 0 fully saturated rings. The molecule has 0 aliphatic heterocycles. The fourth-order valence-electron chi connectivity index (χ4n) is 13.6. The lowest BCUT2D eigenvalue weighted by molar-refractivity contribution is 0.590. The zero-order chi connectivity index (χ0) is 59.5. The lowest BCUT2D eigenvalue weighted by Gasteiger charge is -2.29. The molecule has 0 unspecified atom stereocenters. The van der Waals surface area contributed by atoms with Gasteiger partial charge >= 0.3 is 0 Å². The standard InChI is InChI=1S/C81H74F2N2/c1-77(2,3)55-21-29-59(30-22-55)84(61-33-25-57(82)26-34-61)63-37-43-69-67-41-19-53(47-73(67)80(9,10)75(69)49-63)15-13-51-17-39-65-66-40-18-52(46-72(66)79(7,8)71(65)45-51)14-16-54-20-42-68-70-44-38-64(50-76(70)81(11,12)74(68)48-54)85(62-35-27-58(83)28-36-62)60-31-23-56(24-32-60)78(4,5)6/h13-50H,1-12H3/b15-13+,16-14+. The maximum absolute atomic E-state index is 14.3. The Hall–Kier alpha value is -8.86. The van der Waals surface area contributed by atoms with Crippen molar-refractivity contribution in [1.29, 1.82) is 0 Å². The van der Waals surface area contributed by atoms with Crippen molar-refractivity contribution in [3.63, 3.8) is 0 Å². The van der Waals surface area contributed by atoms with Crippen LogP contribution in [0.25, 0.3) is 57.7 Å². The molecular weight excluding hydrogens is 1040 g/mol. The Morgan fingerprint density at radius 3 is 0.729 bits per heavy atom. The van der Waals surface area contributed by atoms with Gasteiger partial charge in [0, 0.05) is 50.4 Å². The Morgan fingerprint density at radius 2 is 0.482 bits per heavy atom. The first-order valence-electron chi connectivity index (χ1n) is 30.0. The van der Waals surface area contributed by atoms with Crippen LogP contribution in [-0.4, -0.2) is 0 Å². The van der Waals surface area contributed by atoms with Crippen molar-refractivity contribution in [2.45, 2.75) is 110 Å². The maximum Gasteiger partial charge on any atom is 0.123 e. The second-order valence-electron chi connectivity index (χ2n) is 27.4. The number of benzene rings is 10. The van der Waals surface area contributed by atoms with E-state index in [-0.39, 0.29) is 38.7 Å². The first-order chi connectivity index (χ1) is 40.4. The molecule has 0 spiro atoms.